The number of nitrogens with zero attached hydrogens (tertiary/aromatic N) is 1. The van der Waals surface area contributed by atoms with Crippen LogP contribution in [-0.2, 0) is 14.3 Å². The molecule has 1 heterocycles. The molecule has 0 radical (unpaired) electrons. The number of carbonyl (C=O) groups excluding carboxylic acids is 3. The molecule has 1 saturated heterocycles. The average Bonchev–Trinajstić information content (AvgIpc) is 3.58. The molecule has 0 bridgehead atoms. The molecule has 7 heteroatoms. The molecule has 2 aromatic rings. The van der Waals surface area contributed by atoms with E-state index >= 15 is 0 Å². The zero-order valence-electron chi connectivity index (χ0n) is 19.1. The number of benzene rings is 2. The summed E-state index contributed by atoms with van der Waals surface area (Å²) < 4.78 is 10.4. The van der Waals surface area contributed by atoms with Crippen LogP contribution in [0.5, 0.6) is 11.5 Å². The number of hydrogen-bond acceptors (Lipinski definition) is 5. The molecule has 1 saturated carbocycles. The summed E-state index contributed by atoms with van der Waals surface area (Å²) in [6.45, 7) is 0.314. The smallest absolute Gasteiger partial charge is 0.328 e. The predicted molar refractivity (Wildman–Crippen MR) is 127 cm³/mol. The molecule has 2 amide bonds. The van der Waals surface area contributed by atoms with Crippen molar-refractivity contribution in [2.45, 2.75) is 51.0 Å². The highest BCUT2D eigenvalue weighted by Crippen LogP contribution is 2.21. The molecule has 0 spiro atoms. The fourth-order valence-corrected chi connectivity index (χ4v) is 3.99. The number of carbonyl (C=O) groups is 3. The second-order valence-corrected chi connectivity index (χ2v) is 8.16. The van der Waals surface area contributed by atoms with Crippen molar-refractivity contribution in [3.8, 4) is 11.5 Å². The van der Waals surface area contributed by atoms with Gasteiger partial charge >= 0.3 is 5.97 Å². The van der Waals surface area contributed by atoms with E-state index in [0.29, 0.717) is 30.0 Å². The Balaban J connectivity index is 0.000000603. The summed E-state index contributed by atoms with van der Waals surface area (Å²) in [6, 6.07) is 15.4. The van der Waals surface area contributed by atoms with Crippen LogP contribution in [0.1, 0.15) is 56.7 Å². The average molecular weight is 455 g/mol. The second kappa shape index (κ2) is 12.6. The maximum Gasteiger partial charge on any atom is 0.328 e. The first-order chi connectivity index (χ1) is 16.1. The summed E-state index contributed by atoms with van der Waals surface area (Å²) in [6.07, 6.45) is 8.82. The molecule has 0 aromatic heterocycles. The SMILES string of the molecule is C1CCCC1.COC(=O)[C@@H]1CCCN1C(=O)CNC(=O)c1ccc(Oc2ccccc2)cc1.[HH]. The van der Waals surface area contributed by atoms with E-state index in [1.807, 2.05) is 30.3 Å². The summed E-state index contributed by atoms with van der Waals surface area (Å²) in [7, 11) is 1.30. The third kappa shape index (κ3) is 7.34. The largest absolute Gasteiger partial charge is 0.467 e. The van der Waals surface area contributed by atoms with Gasteiger partial charge in [-0.3, -0.25) is 9.59 Å². The minimum atomic E-state index is -0.566. The normalized spacial score (nSPS) is 17.0. The lowest BCUT2D eigenvalue weighted by atomic mass is 10.2. The van der Waals surface area contributed by atoms with E-state index in [9.17, 15) is 14.4 Å². The lowest BCUT2D eigenvalue weighted by Crippen LogP contribution is -2.45. The molecule has 1 N–H and O–H groups in total. The number of methoxy groups -OCH3 is 1. The van der Waals surface area contributed by atoms with Gasteiger partial charge < -0.3 is 19.7 Å². The number of nitrogens with one attached hydrogen (secondary N) is 1. The number of hydrogen-bond donors (Lipinski definition) is 1. The van der Waals surface area contributed by atoms with Crippen molar-refractivity contribution in [1.29, 1.82) is 0 Å². The molecule has 33 heavy (non-hydrogen) atoms. The number of ether oxygens (including phenoxy) is 2. The van der Waals surface area contributed by atoms with E-state index in [1.165, 1.54) is 44.1 Å². The van der Waals surface area contributed by atoms with Gasteiger partial charge in [0.05, 0.1) is 13.7 Å². The first kappa shape index (κ1) is 24.3. The van der Waals surface area contributed by atoms with Crippen molar-refractivity contribution in [2.24, 2.45) is 0 Å². The fourth-order valence-electron chi connectivity index (χ4n) is 3.99. The van der Waals surface area contributed by atoms with E-state index < -0.39 is 12.0 Å². The van der Waals surface area contributed by atoms with Crippen LogP contribution < -0.4 is 10.1 Å². The summed E-state index contributed by atoms with van der Waals surface area (Å²) in [5.41, 5.74) is 0.416. The minimum Gasteiger partial charge on any atom is -0.467 e. The lowest BCUT2D eigenvalue weighted by Gasteiger charge is -2.22. The Kier molecular flexibility index (Phi) is 9.30. The Morgan fingerprint density at radius 3 is 2.12 bits per heavy atom. The molecule has 2 aliphatic rings. The monoisotopic (exact) mass is 454 g/mol. The van der Waals surface area contributed by atoms with Crippen molar-refractivity contribution in [1.82, 2.24) is 10.2 Å². The third-order valence-corrected chi connectivity index (χ3v) is 5.79. The Morgan fingerprint density at radius 2 is 1.52 bits per heavy atom. The van der Waals surface area contributed by atoms with Crippen molar-refractivity contribution in [2.75, 3.05) is 20.2 Å². The van der Waals surface area contributed by atoms with Gasteiger partial charge in [-0.15, -0.1) is 0 Å². The summed E-state index contributed by atoms with van der Waals surface area (Å²) in [5, 5.41) is 2.60. The highest BCUT2D eigenvalue weighted by molar-refractivity contribution is 5.97. The molecular formula is C26H34N2O5. The number of rotatable bonds is 6. The molecule has 7 nitrogen and oxygen atoms in total. The molecule has 2 fully saturated rings. The first-order valence-corrected chi connectivity index (χ1v) is 11.6. The third-order valence-electron chi connectivity index (χ3n) is 5.79. The van der Waals surface area contributed by atoms with Gasteiger partial charge in [0.25, 0.3) is 5.91 Å². The highest BCUT2D eigenvalue weighted by atomic mass is 16.5. The summed E-state index contributed by atoms with van der Waals surface area (Å²) >= 11 is 0. The van der Waals surface area contributed by atoms with Crippen LogP contribution in [0.2, 0.25) is 0 Å². The van der Waals surface area contributed by atoms with E-state index in [2.05, 4.69) is 5.32 Å². The van der Waals surface area contributed by atoms with E-state index in [0.717, 1.165) is 6.42 Å². The van der Waals surface area contributed by atoms with Gasteiger partial charge in [0.1, 0.15) is 17.5 Å². The van der Waals surface area contributed by atoms with E-state index in [4.69, 9.17) is 9.47 Å². The first-order valence-electron chi connectivity index (χ1n) is 11.6. The Labute approximate surface area is 196 Å². The van der Waals surface area contributed by atoms with Gasteiger partial charge in [0.2, 0.25) is 5.91 Å². The van der Waals surface area contributed by atoms with Crippen molar-refractivity contribution < 1.29 is 25.3 Å². The maximum absolute atomic E-state index is 12.4. The molecule has 1 atom stereocenters. The highest BCUT2D eigenvalue weighted by Gasteiger charge is 2.34. The van der Waals surface area contributed by atoms with Crippen molar-refractivity contribution >= 4 is 17.8 Å². The Morgan fingerprint density at radius 1 is 0.909 bits per heavy atom. The van der Waals surface area contributed by atoms with Gasteiger partial charge in [0, 0.05) is 13.5 Å². The van der Waals surface area contributed by atoms with Crippen LogP contribution in [0.4, 0.5) is 0 Å². The Bertz CT molecular complexity index is 909. The van der Waals surface area contributed by atoms with Crippen LogP contribution in [0.15, 0.2) is 54.6 Å². The van der Waals surface area contributed by atoms with Crippen LogP contribution in [-0.4, -0.2) is 48.9 Å². The molecule has 4 rings (SSSR count). The van der Waals surface area contributed by atoms with E-state index in [-0.39, 0.29) is 19.8 Å². The van der Waals surface area contributed by atoms with E-state index in [1.54, 1.807) is 24.3 Å². The summed E-state index contributed by atoms with van der Waals surface area (Å²) in [4.78, 5) is 37.8. The molecule has 1 aliphatic heterocycles. The van der Waals surface area contributed by atoms with Crippen LogP contribution in [0, 0.1) is 0 Å². The number of para-hydroxylation sites is 1. The quantitative estimate of drug-likeness (QED) is 0.647. The van der Waals surface area contributed by atoms with Crippen LogP contribution in [0.25, 0.3) is 0 Å². The van der Waals surface area contributed by atoms with Crippen LogP contribution >= 0.6 is 0 Å². The Hall–Kier alpha value is -3.35. The van der Waals surface area contributed by atoms with Gasteiger partial charge in [0.15, 0.2) is 0 Å². The molecule has 178 valence electrons. The fraction of sp³-hybridized carbons (Fsp3) is 0.423. The number of esters is 1. The van der Waals surface area contributed by atoms with Gasteiger partial charge in [-0.25, -0.2) is 4.79 Å². The number of amides is 2. The van der Waals surface area contributed by atoms with Gasteiger partial charge in [-0.1, -0.05) is 50.3 Å². The molecule has 0 unspecified atom stereocenters. The molecular weight excluding hydrogens is 420 g/mol. The number of likely N-dealkylation sites (tertiary alicyclic amines) is 1. The zero-order chi connectivity index (χ0) is 23.5. The lowest BCUT2D eigenvalue weighted by molar-refractivity contribution is -0.150. The van der Waals surface area contributed by atoms with Gasteiger partial charge in [-0.05, 0) is 49.2 Å². The molecule has 1 aliphatic carbocycles. The van der Waals surface area contributed by atoms with Crippen molar-refractivity contribution in [3.63, 3.8) is 0 Å². The standard InChI is InChI=1S/C21H22N2O5.C5H10.H2/c1-27-21(26)18-8-5-13-23(18)19(24)14-22-20(25)15-9-11-17(12-10-15)28-16-6-3-2-4-7-16;1-2-4-5-3-1;/h2-4,6-7,9-12,18H,5,8,13-14H2,1H3,(H,22,25);1-5H2;1H/t18-;;/m0../s1. The summed E-state index contributed by atoms with van der Waals surface area (Å²) in [5.74, 6) is 0.220. The van der Waals surface area contributed by atoms with Crippen molar-refractivity contribution in [3.05, 3.63) is 60.2 Å². The minimum absolute atomic E-state index is 0. The topological polar surface area (TPSA) is 84.9 Å². The predicted octanol–water partition coefficient (Wildman–Crippen LogP) is 4.57. The zero-order valence-corrected chi connectivity index (χ0v) is 19.1. The molecule has 2 aromatic carbocycles. The second-order valence-electron chi connectivity index (χ2n) is 8.16. The maximum atomic E-state index is 12.4. The van der Waals surface area contributed by atoms with Crippen LogP contribution in [0.3, 0.4) is 0 Å². The van der Waals surface area contributed by atoms with Gasteiger partial charge in [-0.2, -0.15) is 0 Å².